The van der Waals surface area contributed by atoms with Gasteiger partial charge in [0.25, 0.3) is 0 Å². The van der Waals surface area contributed by atoms with E-state index in [0.29, 0.717) is 30.0 Å². The van der Waals surface area contributed by atoms with Crippen LogP contribution in [0.5, 0.6) is 5.75 Å². The second-order valence-electron chi connectivity index (χ2n) is 7.70. The van der Waals surface area contributed by atoms with Gasteiger partial charge in [-0.2, -0.15) is 0 Å². The maximum absolute atomic E-state index is 13.6. The van der Waals surface area contributed by atoms with Gasteiger partial charge in [-0.3, -0.25) is 4.79 Å². The van der Waals surface area contributed by atoms with Crippen LogP contribution in [0, 0.1) is 11.2 Å². The van der Waals surface area contributed by atoms with Crippen LogP contribution in [0.25, 0.3) is 0 Å². The van der Waals surface area contributed by atoms with E-state index in [2.05, 4.69) is 5.32 Å². The maximum atomic E-state index is 13.6. The zero-order valence-corrected chi connectivity index (χ0v) is 17.7. The minimum atomic E-state index is -0.979. The molecule has 2 unspecified atom stereocenters. The van der Waals surface area contributed by atoms with Crippen LogP contribution in [-0.4, -0.2) is 24.2 Å². The van der Waals surface area contributed by atoms with E-state index in [1.54, 1.807) is 42.5 Å². The van der Waals surface area contributed by atoms with Gasteiger partial charge in [0, 0.05) is 29.7 Å². The molecule has 2 aromatic rings. The highest BCUT2D eigenvalue weighted by Crippen LogP contribution is 2.50. The van der Waals surface area contributed by atoms with E-state index in [1.165, 1.54) is 6.07 Å². The largest absolute Gasteiger partial charge is 0.489 e. The predicted molar refractivity (Wildman–Crippen MR) is 114 cm³/mol. The molecule has 0 bridgehead atoms. The third kappa shape index (κ3) is 4.55. The lowest BCUT2D eigenvalue weighted by Crippen LogP contribution is -2.74. The van der Waals surface area contributed by atoms with Crippen LogP contribution in [-0.2, 0) is 16.1 Å². The summed E-state index contributed by atoms with van der Waals surface area (Å²) in [4.78, 5) is 12.8. The summed E-state index contributed by atoms with van der Waals surface area (Å²) in [5, 5.41) is 2.88. The van der Waals surface area contributed by atoms with Crippen molar-refractivity contribution in [2.45, 2.75) is 45.4 Å². The summed E-state index contributed by atoms with van der Waals surface area (Å²) in [5.41, 5.74) is 6.08. The Hall–Kier alpha value is -2.15. The zero-order valence-electron chi connectivity index (χ0n) is 16.9. The van der Waals surface area contributed by atoms with Gasteiger partial charge in [-0.1, -0.05) is 32.0 Å². The SMILES string of the molecule is CCOC1CC(N)(C(=O)Nc2ccc(OCc3ccccc3F)cc2)C1(C)C.Cl. The van der Waals surface area contributed by atoms with Crippen LogP contribution in [0.15, 0.2) is 48.5 Å². The van der Waals surface area contributed by atoms with Crippen molar-refractivity contribution >= 4 is 24.0 Å². The number of anilines is 1. The van der Waals surface area contributed by atoms with Crippen LogP contribution < -0.4 is 15.8 Å². The van der Waals surface area contributed by atoms with Crippen LogP contribution in [0.3, 0.4) is 0 Å². The van der Waals surface area contributed by atoms with Crippen LogP contribution in [0.4, 0.5) is 10.1 Å². The molecule has 1 aliphatic rings. The summed E-state index contributed by atoms with van der Waals surface area (Å²) in [5.74, 6) is 0.0608. The molecule has 0 radical (unpaired) electrons. The second kappa shape index (κ2) is 9.11. The Morgan fingerprint density at radius 2 is 1.86 bits per heavy atom. The van der Waals surface area contributed by atoms with Gasteiger partial charge in [-0.05, 0) is 37.3 Å². The number of nitrogens with two attached hydrogens (primary N) is 1. The smallest absolute Gasteiger partial charge is 0.245 e. The second-order valence-corrected chi connectivity index (χ2v) is 7.70. The molecular weight excluding hydrogens is 395 g/mol. The van der Waals surface area contributed by atoms with E-state index in [1.807, 2.05) is 20.8 Å². The third-order valence-electron chi connectivity index (χ3n) is 5.70. The van der Waals surface area contributed by atoms with E-state index in [9.17, 15) is 9.18 Å². The Kier molecular flexibility index (Phi) is 7.27. The average molecular weight is 423 g/mol. The number of ether oxygens (including phenoxy) is 2. The number of amides is 1. The molecule has 0 spiro atoms. The van der Waals surface area contributed by atoms with Crippen molar-refractivity contribution in [3.8, 4) is 5.75 Å². The van der Waals surface area contributed by atoms with Gasteiger partial charge in [-0.25, -0.2) is 4.39 Å². The van der Waals surface area contributed by atoms with Crippen molar-refractivity contribution < 1.29 is 18.7 Å². The topological polar surface area (TPSA) is 73.6 Å². The maximum Gasteiger partial charge on any atom is 0.245 e. The first kappa shape index (κ1) is 23.1. The summed E-state index contributed by atoms with van der Waals surface area (Å²) < 4.78 is 24.9. The number of benzene rings is 2. The van der Waals surface area contributed by atoms with Gasteiger partial charge in [0.15, 0.2) is 0 Å². The Morgan fingerprint density at radius 1 is 1.21 bits per heavy atom. The lowest BCUT2D eigenvalue weighted by atomic mass is 9.54. The highest BCUT2D eigenvalue weighted by molar-refractivity contribution is 5.99. The van der Waals surface area contributed by atoms with Crippen molar-refractivity contribution in [1.82, 2.24) is 0 Å². The highest BCUT2D eigenvalue weighted by atomic mass is 35.5. The van der Waals surface area contributed by atoms with E-state index in [4.69, 9.17) is 15.2 Å². The number of halogens is 2. The zero-order chi connectivity index (χ0) is 20.4. The Balaban J connectivity index is 0.00000300. The molecule has 158 valence electrons. The average Bonchev–Trinajstić information content (AvgIpc) is 2.68. The molecular formula is C22H28ClFN2O3. The van der Waals surface area contributed by atoms with Crippen molar-refractivity contribution in [1.29, 1.82) is 0 Å². The molecule has 1 saturated carbocycles. The Bertz CT molecular complexity index is 844. The molecule has 5 nitrogen and oxygen atoms in total. The van der Waals surface area contributed by atoms with Crippen LogP contribution in [0.1, 0.15) is 32.8 Å². The minimum Gasteiger partial charge on any atom is -0.489 e. The third-order valence-corrected chi connectivity index (χ3v) is 5.70. The van der Waals surface area contributed by atoms with Gasteiger partial charge in [0.1, 0.15) is 23.7 Å². The number of hydrogen-bond acceptors (Lipinski definition) is 4. The molecule has 2 atom stereocenters. The first-order valence-electron chi connectivity index (χ1n) is 9.46. The molecule has 0 aliphatic heterocycles. The lowest BCUT2D eigenvalue weighted by molar-refractivity contribution is -0.166. The molecule has 0 saturated heterocycles. The van der Waals surface area contributed by atoms with E-state index >= 15 is 0 Å². The molecule has 1 amide bonds. The first-order chi connectivity index (χ1) is 13.3. The van der Waals surface area contributed by atoms with Gasteiger partial charge in [-0.15, -0.1) is 12.4 Å². The molecule has 3 rings (SSSR count). The predicted octanol–water partition coefficient (Wildman–Crippen LogP) is 4.30. The van der Waals surface area contributed by atoms with Crippen molar-refractivity contribution in [2.75, 3.05) is 11.9 Å². The quantitative estimate of drug-likeness (QED) is 0.697. The summed E-state index contributed by atoms with van der Waals surface area (Å²) in [6, 6.07) is 13.4. The molecule has 0 heterocycles. The van der Waals surface area contributed by atoms with E-state index in [-0.39, 0.29) is 36.8 Å². The van der Waals surface area contributed by atoms with Gasteiger partial charge in [0.05, 0.1) is 6.10 Å². The Labute approximate surface area is 177 Å². The fourth-order valence-electron chi connectivity index (χ4n) is 3.47. The highest BCUT2D eigenvalue weighted by Gasteiger charge is 2.62. The fraction of sp³-hybridized carbons (Fsp3) is 0.409. The van der Waals surface area contributed by atoms with Gasteiger partial charge < -0.3 is 20.5 Å². The van der Waals surface area contributed by atoms with Crippen molar-refractivity contribution in [2.24, 2.45) is 11.1 Å². The summed E-state index contributed by atoms with van der Waals surface area (Å²) >= 11 is 0. The number of carbonyl (C=O) groups excluding carboxylic acids is 1. The molecule has 1 aliphatic carbocycles. The normalized spacial score (nSPS) is 22.2. The molecule has 3 N–H and O–H groups in total. The van der Waals surface area contributed by atoms with Gasteiger partial charge in [0.2, 0.25) is 5.91 Å². The monoisotopic (exact) mass is 422 g/mol. The number of nitrogens with one attached hydrogen (secondary N) is 1. The summed E-state index contributed by atoms with van der Waals surface area (Å²) in [6.45, 7) is 6.58. The first-order valence-corrected chi connectivity index (χ1v) is 9.46. The molecule has 29 heavy (non-hydrogen) atoms. The molecule has 1 fully saturated rings. The van der Waals surface area contributed by atoms with Crippen LogP contribution >= 0.6 is 12.4 Å². The number of carbonyl (C=O) groups is 1. The lowest BCUT2D eigenvalue weighted by Gasteiger charge is -2.57. The number of rotatable bonds is 7. The number of hydrogen-bond donors (Lipinski definition) is 2. The standard InChI is InChI=1S/C22H27FN2O3.ClH/c1-4-27-19-13-22(24,21(19,2)3)20(26)25-16-9-11-17(12-10-16)28-14-15-7-5-6-8-18(15)23;/h5-12,19H,4,13-14,24H2,1-3H3,(H,25,26);1H. The summed E-state index contributed by atoms with van der Waals surface area (Å²) in [7, 11) is 0. The van der Waals surface area contributed by atoms with Crippen molar-refractivity contribution in [3.05, 3.63) is 59.9 Å². The molecule has 0 aromatic heterocycles. The molecule has 2 aromatic carbocycles. The van der Waals surface area contributed by atoms with Crippen LogP contribution in [0.2, 0.25) is 0 Å². The van der Waals surface area contributed by atoms with Crippen molar-refractivity contribution in [3.63, 3.8) is 0 Å². The molecule has 7 heteroatoms. The van der Waals surface area contributed by atoms with Gasteiger partial charge >= 0.3 is 0 Å². The minimum absolute atomic E-state index is 0. The summed E-state index contributed by atoms with van der Waals surface area (Å²) in [6.07, 6.45) is 0.464. The fourth-order valence-corrected chi connectivity index (χ4v) is 3.47. The Morgan fingerprint density at radius 3 is 2.45 bits per heavy atom. The van der Waals surface area contributed by atoms with E-state index < -0.39 is 11.0 Å². The van der Waals surface area contributed by atoms with E-state index in [0.717, 1.165) is 0 Å².